The van der Waals surface area contributed by atoms with Crippen LogP contribution >= 0.6 is 11.6 Å². The van der Waals surface area contributed by atoms with Crippen LogP contribution in [0.1, 0.15) is 21.6 Å². The molecule has 0 aliphatic rings. The number of nitrogens with one attached hydrogen (secondary N) is 1. The molecule has 132 valence electrons. The molecule has 1 aromatic carbocycles. The van der Waals surface area contributed by atoms with Crippen molar-refractivity contribution in [1.29, 1.82) is 0 Å². The van der Waals surface area contributed by atoms with Crippen molar-refractivity contribution in [3.8, 4) is 0 Å². The van der Waals surface area contributed by atoms with Crippen molar-refractivity contribution < 1.29 is 19.1 Å². The van der Waals surface area contributed by atoms with Gasteiger partial charge in [0, 0.05) is 0 Å². The molecule has 2 rings (SSSR count). The second kappa shape index (κ2) is 8.29. The topological polar surface area (TPSA) is 116 Å². The van der Waals surface area contributed by atoms with E-state index in [9.17, 15) is 14.4 Å². The first-order valence-corrected chi connectivity index (χ1v) is 7.75. The monoisotopic (exact) mass is 364 g/mol. The molecule has 2 amide bonds. The quantitative estimate of drug-likeness (QED) is 0.700. The molecule has 3 N–H and O–H groups in total. The molecule has 2 aromatic rings. The largest absolute Gasteiger partial charge is 0.452 e. The number of aromatic nitrogens is 2. The van der Waals surface area contributed by atoms with Gasteiger partial charge in [-0.05, 0) is 12.5 Å². The number of hydrogen-bond donors (Lipinski definition) is 2. The van der Waals surface area contributed by atoms with Crippen molar-refractivity contribution in [3.63, 3.8) is 0 Å². The Hall–Kier alpha value is -2.87. The summed E-state index contributed by atoms with van der Waals surface area (Å²) < 4.78 is 6.39. The molecule has 9 heteroatoms. The molecule has 25 heavy (non-hydrogen) atoms. The average molecular weight is 365 g/mol. The van der Waals surface area contributed by atoms with Crippen molar-refractivity contribution in [2.45, 2.75) is 13.5 Å². The fourth-order valence-electron chi connectivity index (χ4n) is 2.09. The van der Waals surface area contributed by atoms with Gasteiger partial charge in [0.05, 0.1) is 18.8 Å². The van der Waals surface area contributed by atoms with Gasteiger partial charge in [0.1, 0.15) is 10.7 Å². The van der Waals surface area contributed by atoms with E-state index in [-0.39, 0.29) is 17.3 Å². The van der Waals surface area contributed by atoms with Crippen LogP contribution in [-0.2, 0) is 20.9 Å². The molecule has 0 atom stereocenters. The molecule has 0 saturated heterocycles. The number of carbonyl (C=O) groups is 3. The Morgan fingerprint density at radius 2 is 1.96 bits per heavy atom. The number of aryl methyl sites for hydroxylation is 1. The van der Waals surface area contributed by atoms with E-state index < -0.39 is 24.4 Å². The molecule has 0 radical (unpaired) electrons. The average Bonchev–Trinajstić information content (AvgIpc) is 2.85. The number of nitrogens with two attached hydrogens (primary N) is 1. The van der Waals surface area contributed by atoms with Crippen LogP contribution in [0.2, 0.25) is 5.15 Å². The Morgan fingerprint density at radius 3 is 2.60 bits per heavy atom. The minimum absolute atomic E-state index is 0.0975. The molecule has 0 spiro atoms. The summed E-state index contributed by atoms with van der Waals surface area (Å²) in [6.07, 6.45) is 0. The van der Waals surface area contributed by atoms with Gasteiger partial charge in [0.15, 0.2) is 6.61 Å². The summed E-state index contributed by atoms with van der Waals surface area (Å²) in [4.78, 5) is 34.2. The number of esters is 1. The highest BCUT2D eigenvalue weighted by Gasteiger charge is 2.22. The zero-order chi connectivity index (χ0) is 18.4. The first kappa shape index (κ1) is 18.5. The minimum atomic E-state index is -0.768. The fraction of sp³-hybridized carbons (Fsp3) is 0.250. The molecule has 0 unspecified atom stereocenters. The molecular formula is C16H17ClN4O4. The van der Waals surface area contributed by atoms with Crippen molar-refractivity contribution in [3.05, 3.63) is 52.3 Å². The zero-order valence-electron chi connectivity index (χ0n) is 13.5. The maximum Gasteiger partial charge on any atom is 0.343 e. The molecule has 0 fully saturated rings. The van der Waals surface area contributed by atoms with Crippen molar-refractivity contribution in [1.82, 2.24) is 15.1 Å². The number of hydrogen-bond acceptors (Lipinski definition) is 5. The predicted molar refractivity (Wildman–Crippen MR) is 90.0 cm³/mol. The highest BCUT2D eigenvalue weighted by molar-refractivity contribution is 6.32. The standard InChI is InChI=1S/C16H17ClN4O4/c1-10-14(16(24)25-9-13(23)19-7-12(18)22)15(17)21(20-10)8-11-5-3-2-4-6-11/h2-6H,7-9H2,1H3,(H2,18,22)(H,19,23). The van der Waals surface area contributed by atoms with Crippen LogP contribution < -0.4 is 11.1 Å². The summed E-state index contributed by atoms with van der Waals surface area (Å²) in [6.45, 7) is 1.14. The third-order valence-electron chi connectivity index (χ3n) is 3.24. The van der Waals surface area contributed by atoms with Gasteiger partial charge in [-0.3, -0.25) is 9.59 Å². The van der Waals surface area contributed by atoms with Crippen LogP contribution in [0, 0.1) is 6.92 Å². The number of ether oxygens (including phenoxy) is 1. The second-order valence-electron chi connectivity index (χ2n) is 5.21. The highest BCUT2D eigenvalue weighted by Crippen LogP contribution is 2.21. The summed E-state index contributed by atoms with van der Waals surface area (Å²) in [7, 11) is 0. The summed E-state index contributed by atoms with van der Waals surface area (Å²) in [5.74, 6) is -2.10. The van der Waals surface area contributed by atoms with Gasteiger partial charge >= 0.3 is 5.97 Å². The van der Waals surface area contributed by atoms with Crippen LogP contribution in [-0.4, -0.2) is 40.7 Å². The van der Waals surface area contributed by atoms with E-state index in [1.165, 1.54) is 4.68 Å². The number of carbonyl (C=O) groups excluding carboxylic acids is 3. The van der Waals surface area contributed by atoms with E-state index in [2.05, 4.69) is 10.4 Å². The van der Waals surface area contributed by atoms with E-state index in [4.69, 9.17) is 22.1 Å². The smallest absolute Gasteiger partial charge is 0.343 e. The third-order valence-corrected chi connectivity index (χ3v) is 3.62. The normalized spacial score (nSPS) is 10.3. The second-order valence-corrected chi connectivity index (χ2v) is 5.57. The lowest BCUT2D eigenvalue weighted by Gasteiger charge is -2.06. The first-order chi connectivity index (χ1) is 11.9. The Morgan fingerprint density at radius 1 is 1.28 bits per heavy atom. The molecule has 1 aromatic heterocycles. The fourth-order valence-corrected chi connectivity index (χ4v) is 2.40. The van der Waals surface area contributed by atoms with Crippen LogP contribution in [0.4, 0.5) is 0 Å². The molecule has 0 saturated carbocycles. The van der Waals surface area contributed by atoms with E-state index in [1.807, 2.05) is 30.3 Å². The lowest BCUT2D eigenvalue weighted by Crippen LogP contribution is -2.36. The number of primary amides is 1. The number of benzene rings is 1. The molecular weight excluding hydrogens is 348 g/mol. The number of amides is 2. The molecule has 0 bridgehead atoms. The lowest BCUT2D eigenvalue weighted by atomic mass is 10.2. The van der Waals surface area contributed by atoms with Gasteiger partial charge in [-0.1, -0.05) is 41.9 Å². The van der Waals surface area contributed by atoms with Gasteiger partial charge in [0.25, 0.3) is 5.91 Å². The van der Waals surface area contributed by atoms with Gasteiger partial charge < -0.3 is 15.8 Å². The molecule has 1 heterocycles. The SMILES string of the molecule is Cc1nn(Cc2ccccc2)c(Cl)c1C(=O)OCC(=O)NCC(N)=O. The lowest BCUT2D eigenvalue weighted by molar-refractivity contribution is -0.127. The molecule has 0 aliphatic carbocycles. The number of rotatable bonds is 7. The maximum absolute atomic E-state index is 12.2. The Bertz CT molecular complexity index is 789. The van der Waals surface area contributed by atoms with Crippen LogP contribution in [0.5, 0.6) is 0 Å². The van der Waals surface area contributed by atoms with Gasteiger partial charge in [-0.15, -0.1) is 0 Å². The van der Waals surface area contributed by atoms with E-state index >= 15 is 0 Å². The predicted octanol–water partition coefficient (Wildman–Crippen LogP) is 0.652. The number of halogens is 1. The van der Waals surface area contributed by atoms with Crippen molar-refractivity contribution in [2.75, 3.05) is 13.2 Å². The summed E-state index contributed by atoms with van der Waals surface area (Å²) >= 11 is 6.23. The van der Waals surface area contributed by atoms with E-state index in [1.54, 1.807) is 6.92 Å². The number of nitrogens with zero attached hydrogens (tertiary/aromatic N) is 2. The Labute approximate surface area is 148 Å². The summed E-state index contributed by atoms with van der Waals surface area (Å²) in [6, 6.07) is 9.49. The summed E-state index contributed by atoms with van der Waals surface area (Å²) in [5.41, 5.74) is 6.36. The highest BCUT2D eigenvalue weighted by atomic mass is 35.5. The van der Waals surface area contributed by atoms with Crippen molar-refractivity contribution in [2.24, 2.45) is 5.73 Å². The molecule has 8 nitrogen and oxygen atoms in total. The van der Waals surface area contributed by atoms with Crippen molar-refractivity contribution >= 4 is 29.4 Å². The third kappa shape index (κ3) is 5.05. The van der Waals surface area contributed by atoms with Crippen LogP contribution in [0.15, 0.2) is 30.3 Å². The zero-order valence-corrected chi connectivity index (χ0v) is 14.2. The maximum atomic E-state index is 12.2. The first-order valence-electron chi connectivity index (χ1n) is 7.37. The van der Waals surface area contributed by atoms with Crippen LogP contribution in [0.25, 0.3) is 0 Å². The Kier molecular flexibility index (Phi) is 6.13. The minimum Gasteiger partial charge on any atom is -0.452 e. The van der Waals surface area contributed by atoms with E-state index in [0.717, 1.165) is 5.56 Å². The van der Waals surface area contributed by atoms with Crippen LogP contribution in [0.3, 0.4) is 0 Å². The Balaban J connectivity index is 2.02. The molecule has 0 aliphatic heterocycles. The summed E-state index contributed by atoms with van der Waals surface area (Å²) in [5, 5.41) is 6.58. The van der Waals surface area contributed by atoms with E-state index in [0.29, 0.717) is 12.2 Å². The van der Waals surface area contributed by atoms with Gasteiger partial charge in [-0.2, -0.15) is 5.10 Å². The van der Waals surface area contributed by atoms with Gasteiger partial charge in [-0.25, -0.2) is 9.48 Å². The van der Waals surface area contributed by atoms with Gasteiger partial charge in [0.2, 0.25) is 5.91 Å².